The molecular weight excluding hydrogens is 248 g/mol. The molecule has 19 heavy (non-hydrogen) atoms. The predicted molar refractivity (Wildman–Crippen MR) is 69.2 cm³/mol. The van der Waals surface area contributed by atoms with Crippen LogP contribution in [0.25, 0.3) is 0 Å². The smallest absolute Gasteiger partial charge is 0.257 e. The van der Waals surface area contributed by atoms with Crippen molar-refractivity contribution in [2.24, 2.45) is 0 Å². The average molecular weight is 266 g/mol. The summed E-state index contributed by atoms with van der Waals surface area (Å²) in [5, 5.41) is 28.0. The van der Waals surface area contributed by atoms with Crippen LogP contribution in [0.4, 0.5) is 0 Å². The molecule has 0 bridgehead atoms. The Morgan fingerprint density at radius 3 is 2.47 bits per heavy atom. The van der Waals surface area contributed by atoms with Gasteiger partial charge in [-0.2, -0.15) is 0 Å². The number of β-amino-alcohol motifs (C(OH)–C–C–N with tert-alkyl or cyclic N) is 1. The minimum atomic E-state index is -0.370. The van der Waals surface area contributed by atoms with Crippen LogP contribution in [-0.2, 0) is 0 Å². The third-order valence-corrected chi connectivity index (χ3v) is 3.32. The quantitative estimate of drug-likeness (QED) is 0.663. The van der Waals surface area contributed by atoms with Crippen molar-refractivity contribution in [3.8, 4) is 11.5 Å². The second-order valence-corrected chi connectivity index (χ2v) is 4.53. The molecule has 6 nitrogen and oxygen atoms in total. The number of aliphatic hydroxyl groups is 1. The molecule has 0 radical (unpaired) electrons. The molecule has 0 unspecified atom stereocenters. The molecule has 1 amide bonds. The van der Waals surface area contributed by atoms with Crippen molar-refractivity contribution in [3.63, 3.8) is 0 Å². The van der Waals surface area contributed by atoms with Gasteiger partial charge in [0.2, 0.25) is 0 Å². The van der Waals surface area contributed by atoms with Gasteiger partial charge in [-0.1, -0.05) is 6.07 Å². The molecule has 1 aliphatic rings. The van der Waals surface area contributed by atoms with E-state index in [4.69, 9.17) is 5.11 Å². The fourth-order valence-electron chi connectivity index (χ4n) is 2.19. The van der Waals surface area contributed by atoms with E-state index in [1.165, 1.54) is 18.2 Å². The summed E-state index contributed by atoms with van der Waals surface area (Å²) in [6.45, 7) is 3.22. The van der Waals surface area contributed by atoms with Gasteiger partial charge < -0.3 is 20.2 Å². The number of piperazine rings is 1. The fraction of sp³-hybridized carbons (Fsp3) is 0.462. The van der Waals surface area contributed by atoms with Crippen LogP contribution < -0.4 is 0 Å². The van der Waals surface area contributed by atoms with Crippen LogP contribution >= 0.6 is 0 Å². The van der Waals surface area contributed by atoms with Gasteiger partial charge in [0, 0.05) is 32.7 Å². The van der Waals surface area contributed by atoms with E-state index >= 15 is 0 Å². The molecule has 1 fully saturated rings. The first-order valence-electron chi connectivity index (χ1n) is 6.27. The summed E-state index contributed by atoms with van der Waals surface area (Å²) < 4.78 is 0. The molecule has 0 aromatic heterocycles. The maximum absolute atomic E-state index is 12.2. The molecule has 1 aromatic carbocycles. The van der Waals surface area contributed by atoms with Crippen LogP contribution in [0, 0.1) is 0 Å². The molecule has 3 N–H and O–H groups in total. The number of rotatable bonds is 3. The fourth-order valence-corrected chi connectivity index (χ4v) is 2.19. The maximum atomic E-state index is 12.2. The van der Waals surface area contributed by atoms with Crippen molar-refractivity contribution in [1.29, 1.82) is 0 Å². The standard InChI is InChI=1S/C13H18N2O4/c16-9-8-14-4-6-15(7-5-14)13(19)10-2-1-3-11(17)12(10)18/h1-3,16-18H,4-9H2. The topological polar surface area (TPSA) is 84.2 Å². The Bertz CT molecular complexity index is 456. The molecule has 6 heteroatoms. The molecule has 0 aliphatic carbocycles. The molecule has 2 rings (SSSR count). The lowest BCUT2D eigenvalue weighted by atomic mass is 10.1. The van der Waals surface area contributed by atoms with Gasteiger partial charge in [0.15, 0.2) is 11.5 Å². The molecule has 104 valence electrons. The molecule has 1 heterocycles. The van der Waals surface area contributed by atoms with Crippen LogP contribution in [0.3, 0.4) is 0 Å². The first-order valence-corrected chi connectivity index (χ1v) is 6.27. The Labute approximate surface area is 111 Å². The number of aromatic hydroxyl groups is 2. The summed E-state index contributed by atoms with van der Waals surface area (Å²) in [6, 6.07) is 4.37. The molecule has 1 aromatic rings. The van der Waals surface area contributed by atoms with Gasteiger partial charge in [-0.05, 0) is 12.1 Å². The molecule has 0 spiro atoms. The average Bonchev–Trinajstić information content (AvgIpc) is 2.42. The minimum Gasteiger partial charge on any atom is -0.504 e. The lowest BCUT2D eigenvalue weighted by molar-refractivity contribution is 0.0611. The highest BCUT2D eigenvalue weighted by Crippen LogP contribution is 2.29. The zero-order valence-electron chi connectivity index (χ0n) is 10.6. The third kappa shape index (κ3) is 2.97. The number of benzene rings is 1. The van der Waals surface area contributed by atoms with E-state index in [1.807, 2.05) is 0 Å². The number of hydrogen-bond acceptors (Lipinski definition) is 5. The number of amides is 1. The SMILES string of the molecule is O=C(c1cccc(O)c1O)N1CCN(CCO)CC1. The first-order chi connectivity index (χ1) is 9.13. The van der Waals surface area contributed by atoms with Crippen LogP contribution in [0.2, 0.25) is 0 Å². The number of carbonyl (C=O) groups excluding carboxylic acids is 1. The van der Waals surface area contributed by atoms with Crippen LogP contribution in [0.15, 0.2) is 18.2 Å². The van der Waals surface area contributed by atoms with E-state index in [-0.39, 0.29) is 29.6 Å². The summed E-state index contributed by atoms with van der Waals surface area (Å²) in [5.74, 6) is -0.938. The molecule has 1 aliphatic heterocycles. The number of para-hydroxylation sites is 1. The Morgan fingerprint density at radius 1 is 1.16 bits per heavy atom. The number of nitrogens with zero attached hydrogens (tertiary/aromatic N) is 2. The van der Waals surface area contributed by atoms with Crippen molar-refractivity contribution in [1.82, 2.24) is 9.80 Å². The Kier molecular flexibility index (Phi) is 4.24. The number of carbonyl (C=O) groups is 1. The van der Waals surface area contributed by atoms with Gasteiger partial charge >= 0.3 is 0 Å². The highest BCUT2D eigenvalue weighted by atomic mass is 16.3. The Balaban J connectivity index is 2.03. The van der Waals surface area contributed by atoms with E-state index in [0.29, 0.717) is 32.7 Å². The molecular formula is C13H18N2O4. The monoisotopic (exact) mass is 266 g/mol. The lowest BCUT2D eigenvalue weighted by Gasteiger charge is -2.34. The van der Waals surface area contributed by atoms with Crippen LogP contribution in [0.5, 0.6) is 11.5 Å². The lowest BCUT2D eigenvalue weighted by Crippen LogP contribution is -2.49. The van der Waals surface area contributed by atoms with Crippen LogP contribution in [-0.4, -0.2) is 70.4 Å². The van der Waals surface area contributed by atoms with Gasteiger partial charge in [0.05, 0.1) is 12.2 Å². The summed E-state index contributed by atoms with van der Waals surface area (Å²) in [6.07, 6.45) is 0. The first kappa shape index (κ1) is 13.6. The van der Waals surface area contributed by atoms with Gasteiger partial charge in [0.25, 0.3) is 5.91 Å². The summed E-state index contributed by atoms with van der Waals surface area (Å²) in [7, 11) is 0. The highest BCUT2D eigenvalue weighted by Gasteiger charge is 2.24. The zero-order valence-corrected chi connectivity index (χ0v) is 10.6. The van der Waals surface area contributed by atoms with E-state index < -0.39 is 0 Å². The Morgan fingerprint density at radius 2 is 1.84 bits per heavy atom. The second kappa shape index (κ2) is 5.90. The van der Waals surface area contributed by atoms with E-state index in [9.17, 15) is 15.0 Å². The summed E-state index contributed by atoms with van der Waals surface area (Å²) >= 11 is 0. The van der Waals surface area contributed by atoms with Crippen molar-refractivity contribution < 1.29 is 20.1 Å². The van der Waals surface area contributed by atoms with Crippen LogP contribution in [0.1, 0.15) is 10.4 Å². The summed E-state index contributed by atoms with van der Waals surface area (Å²) in [4.78, 5) is 15.9. The zero-order chi connectivity index (χ0) is 13.8. The molecule has 1 saturated heterocycles. The third-order valence-electron chi connectivity index (χ3n) is 3.32. The minimum absolute atomic E-state index is 0.112. The Hall–Kier alpha value is -1.79. The van der Waals surface area contributed by atoms with Crippen molar-refractivity contribution in [2.75, 3.05) is 39.3 Å². The van der Waals surface area contributed by atoms with Crippen molar-refractivity contribution in [3.05, 3.63) is 23.8 Å². The van der Waals surface area contributed by atoms with Gasteiger partial charge in [-0.3, -0.25) is 9.69 Å². The highest BCUT2D eigenvalue weighted by molar-refractivity contribution is 5.97. The van der Waals surface area contributed by atoms with Gasteiger partial charge in [-0.15, -0.1) is 0 Å². The molecule has 0 atom stereocenters. The van der Waals surface area contributed by atoms with Gasteiger partial charge in [-0.25, -0.2) is 0 Å². The number of aliphatic hydroxyl groups excluding tert-OH is 1. The normalized spacial score (nSPS) is 16.6. The second-order valence-electron chi connectivity index (χ2n) is 4.53. The van der Waals surface area contributed by atoms with Crippen molar-refractivity contribution >= 4 is 5.91 Å². The predicted octanol–water partition coefficient (Wildman–Crippen LogP) is -0.152. The largest absolute Gasteiger partial charge is 0.504 e. The van der Waals surface area contributed by atoms with E-state index in [1.54, 1.807) is 4.90 Å². The van der Waals surface area contributed by atoms with E-state index in [0.717, 1.165) is 0 Å². The molecule has 0 saturated carbocycles. The number of phenolic OH excluding ortho intramolecular Hbond substituents is 2. The summed E-state index contributed by atoms with van der Waals surface area (Å²) in [5.41, 5.74) is 0.121. The maximum Gasteiger partial charge on any atom is 0.257 e. The van der Waals surface area contributed by atoms with Crippen molar-refractivity contribution in [2.45, 2.75) is 0 Å². The van der Waals surface area contributed by atoms with Gasteiger partial charge in [0.1, 0.15) is 0 Å². The number of phenols is 2. The number of hydrogen-bond donors (Lipinski definition) is 3. The van der Waals surface area contributed by atoms with E-state index in [2.05, 4.69) is 4.90 Å².